The van der Waals surface area contributed by atoms with Crippen LogP contribution in [0, 0.1) is 21.4 Å². The molecule has 29 heavy (non-hydrogen) atoms. The predicted octanol–water partition coefficient (Wildman–Crippen LogP) is 1.97. The second-order valence-electron chi connectivity index (χ2n) is 5.70. The van der Waals surface area contributed by atoms with Gasteiger partial charge >= 0.3 is 5.97 Å². The number of nitrogens with zero attached hydrogens (tertiary/aromatic N) is 6. The molecular formula is C17H12N6O5S. The molecule has 146 valence electrons. The summed E-state index contributed by atoms with van der Waals surface area (Å²) in [5.74, 6) is -1.05. The molecule has 0 aliphatic carbocycles. The molecule has 3 rings (SSSR count). The van der Waals surface area contributed by atoms with Crippen molar-refractivity contribution in [2.24, 2.45) is 0 Å². The average Bonchev–Trinajstić information content (AvgIpc) is 3.20. The molecule has 12 heteroatoms. The van der Waals surface area contributed by atoms with Crippen LogP contribution >= 0.6 is 11.8 Å². The summed E-state index contributed by atoms with van der Waals surface area (Å²) in [6.07, 6.45) is -0.921. The second-order valence-corrected chi connectivity index (χ2v) is 6.68. The molecule has 0 saturated carbocycles. The van der Waals surface area contributed by atoms with Gasteiger partial charge in [0, 0.05) is 17.9 Å². The number of nitro benzene ring substituents is 1. The number of carbonyl (C=O) groups is 1. The molecule has 0 fully saturated rings. The summed E-state index contributed by atoms with van der Waals surface area (Å²) in [5.41, 5.74) is 0.652. The minimum absolute atomic E-state index is 0.0348. The van der Waals surface area contributed by atoms with Crippen molar-refractivity contribution in [1.29, 1.82) is 5.26 Å². The van der Waals surface area contributed by atoms with E-state index in [0.717, 1.165) is 11.8 Å². The van der Waals surface area contributed by atoms with Gasteiger partial charge in [-0.2, -0.15) is 9.94 Å². The van der Waals surface area contributed by atoms with Crippen LogP contribution < -0.4 is 0 Å². The van der Waals surface area contributed by atoms with Gasteiger partial charge in [0.15, 0.2) is 0 Å². The first kappa shape index (κ1) is 19.9. The summed E-state index contributed by atoms with van der Waals surface area (Å²) in [5, 5.41) is 50.9. The van der Waals surface area contributed by atoms with Crippen LogP contribution in [0.2, 0.25) is 0 Å². The summed E-state index contributed by atoms with van der Waals surface area (Å²) in [6.45, 7) is 0. The highest BCUT2D eigenvalue weighted by atomic mass is 32.2. The van der Waals surface area contributed by atoms with Crippen molar-refractivity contribution in [2.75, 3.05) is 5.75 Å². The molecule has 0 radical (unpaired) electrons. The minimum Gasteiger partial charge on any atom is -0.478 e. The van der Waals surface area contributed by atoms with Crippen LogP contribution in [0.4, 0.5) is 5.69 Å². The van der Waals surface area contributed by atoms with Crippen molar-refractivity contribution < 1.29 is 19.9 Å². The van der Waals surface area contributed by atoms with Crippen LogP contribution in [-0.4, -0.2) is 47.1 Å². The maximum Gasteiger partial charge on any atom is 0.337 e. The van der Waals surface area contributed by atoms with Crippen molar-refractivity contribution >= 4 is 23.4 Å². The topological polar surface area (TPSA) is 168 Å². The zero-order chi connectivity index (χ0) is 21.0. The molecule has 1 heterocycles. The molecular weight excluding hydrogens is 400 g/mol. The number of aliphatic hydroxyl groups is 1. The van der Waals surface area contributed by atoms with Crippen LogP contribution in [0.15, 0.2) is 47.6 Å². The van der Waals surface area contributed by atoms with Gasteiger partial charge in [0.05, 0.1) is 27.8 Å². The largest absolute Gasteiger partial charge is 0.478 e. The lowest BCUT2D eigenvalue weighted by molar-refractivity contribution is -0.384. The molecule has 3 aromatic rings. The molecule has 1 aromatic heterocycles. The van der Waals surface area contributed by atoms with Crippen LogP contribution in [0.3, 0.4) is 0 Å². The highest BCUT2D eigenvalue weighted by molar-refractivity contribution is 7.99. The fraction of sp³-hybridized carbons (Fsp3) is 0.118. The Kier molecular flexibility index (Phi) is 5.82. The van der Waals surface area contributed by atoms with Crippen molar-refractivity contribution in [2.45, 2.75) is 11.3 Å². The predicted molar refractivity (Wildman–Crippen MR) is 99.6 cm³/mol. The van der Waals surface area contributed by atoms with Gasteiger partial charge < -0.3 is 10.2 Å². The normalized spacial score (nSPS) is 11.6. The SMILES string of the molecule is N#Cc1cc(-n2nnnc2SCC(O)c2ccc([N+](=O)[O-])cc2)ccc1C(=O)O. The third-order valence-electron chi connectivity index (χ3n) is 3.90. The fourth-order valence-corrected chi connectivity index (χ4v) is 3.30. The van der Waals surface area contributed by atoms with E-state index in [1.165, 1.54) is 47.1 Å². The zero-order valence-corrected chi connectivity index (χ0v) is 15.4. The van der Waals surface area contributed by atoms with Crippen LogP contribution in [-0.2, 0) is 0 Å². The number of non-ortho nitro benzene ring substituents is 1. The van der Waals surface area contributed by atoms with E-state index in [2.05, 4.69) is 15.5 Å². The number of aromatic carboxylic acids is 1. The Morgan fingerprint density at radius 3 is 2.66 bits per heavy atom. The quantitative estimate of drug-likeness (QED) is 0.332. The molecule has 0 saturated heterocycles. The number of tetrazole rings is 1. The summed E-state index contributed by atoms with van der Waals surface area (Å²) in [6, 6.07) is 11.5. The summed E-state index contributed by atoms with van der Waals surface area (Å²) in [4.78, 5) is 21.3. The summed E-state index contributed by atoms with van der Waals surface area (Å²) < 4.78 is 1.32. The highest BCUT2D eigenvalue weighted by Crippen LogP contribution is 2.26. The molecule has 1 atom stereocenters. The number of nitriles is 1. The average molecular weight is 412 g/mol. The van der Waals surface area contributed by atoms with Gasteiger partial charge in [0.1, 0.15) is 6.07 Å². The molecule has 0 aliphatic rings. The number of carboxylic acids is 1. The standard InChI is InChI=1S/C17H12N6O5S/c18-8-11-7-13(5-6-14(11)16(25)26)22-17(19-20-21-22)29-9-15(24)10-1-3-12(4-2-10)23(27)28/h1-7,15,24H,9H2,(H,25,26). The molecule has 0 spiro atoms. The maximum absolute atomic E-state index is 11.1. The van der Waals surface area contributed by atoms with Crippen molar-refractivity contribution in [3.8, 4) is 11.8 Å². The van der Waals surface area contributed by atoms with Crippen molar-refractivity contribution in [3.05, 3.63) is 69.3 Å². The number of aliphatic hydroxyl groups excluding tert-OH is 1. The van der Waals surface area contributed by atoms with Gasteiger partial charge in [0.2, 0.25) is 5.16 Å². The third kappa shape index (κ3) is 4.37. The molecule has 2 N–H and O–H groups in total. The second kappa shape index (κ2) is 8.46. The van der Waals surface area contributed by atoms with Gasteiger partial charge in [0.25, 0.3) is 5.69 Å². The van der Waals surface area contributed by atoms with Gasteiger partial charge in [-0.15, -0.1) is 5.10 Å². The number of carboxylic acid groups (broad SMARTS) is 1. The monoisotopic (exact) mass is 412 g/mol. The molecule has 0 aliphatic heterocycles. The Bertz CT molecular complexity index is 1110. The summed E-state index contributed by atoms with van der Waals surface area (Å²) in [7, 11) is 0. The van der Waals surface area contributed by atoms with Gasteiger partial charge in [-0.25, -0.2) is 4.79 Å². The lowest BCUT2D eigenvalue weighted by atomic mass is 10.1. The zero-order valence-electron chi connectivity index (χ0n) is 14.5. The van der Waals surface area contributed by atoms with E-state index < -0.39 is 17.0 Å². The number of aromatic nitrogens is 4. The van der Waals surface area contributed by atoms with E-state index in [1.54, 1.807) is 0 Å². The molecule has 2 aromatic carbocycles. The number of nitro groups is 1. The lowest BCUT2D eigenvalue weighted by Crippen LogP contribution is -2.06. The van der Waals surface area contributed by atoms with Crippen LogP contribution in [0.1, 0.15) is 27.6 Å². The first-order valence-electron chi connectivity index (χ1n) is 8.02. The molecule has 0 amide bonds. The van der Waals surface area contributed by atoms with Gasteiger partial charge in [-0.05, 0) is 46.3 Å². The Morgan fingerprint density at radius 2 is 2.03 bits per heavy atom. The minimum atomic E-state index is -1.22. The van der Waals surface area contributed by atoms with Crippen molar-refractivity contribution in [1.82, 2.24) is 20.2 Å². The first-order chi connectivity index (χ1) is 13.9. The van der Waals surface area contributed by atoms with E-state index in [-0.39, 0.29) is 22.6 Å². The van der Waals surface area contributed by atoms with Crippen LogP contribution in [0.25, 0.3) is 5.69 Å². The van der Waals surface area contributed by atoms with E-state index in [1.807, 2.05) is 6.07 Å². The molecule has 1 unspecified atom stereocenters. The highest BCUT2D eigenvalue weighted by Gasteiger charge is 2.17. The lowest BCUT2D eigenvalue weighted by Gasteiger charge is -2.10. The van der Waals surface area contributed by atoms with E-state index in [0.29, 0.717) is 16.4 Å². The fourth-order valence-electron chi connectivity index (χ4n) is 2.44. The Morgan fingerprint density at radius 1 is 1.31 bits per heavy atom. The number of hydrogen-bond donors (Lipinski definition) is 2. The third-order valence-corrected chi connectivity index (χ3v) is 4.89. The number of rotatable bonds is 7. The number of benzene rings is 2. The van der Waals surface area contributed by atoms with E-state index in [4.69, 9.17) is 10.4 Å². The van der Waals surface area contributed by atoms with Gasteiger partial charge in [-0.3, -0.25) is 10.1 Å². The molecule has 0 bridgehead atoms. The van der Waals surface area contributed by atoms with E-state index >= 15 is 0 Å². The van der Waals surface area contributed by atoms with Crippen molar-refractivity contribution in [3.63, 3.8) is 0 Å². The Hall–Kier alpha value is -3.82. The number of hydrogen-bond acceptors (Lipinski definition) is 9. The summed E-state index contributed by atoms with van der Waals surface area (Å²) >= 11 is 1.13. The Labute approximate surface area is 167 Å². The first-order valence-corrected chi connectivity index (χ1v) is 9.00. The van der Waals surface area contributed by atoms with Crippen LogP contribution in [0.5, 0.6) is 0 Å². The number of thioether (sulfide) groups is 1. The maximum atomic E-state index is 11.1. The molecule has 11 nitrogen and oxygen atoms in total. The van der Waals surface area contributed by atoms with Gasteiger partial charge in [-0.1, -0.05) is 11.8 Å². The smallest absolute Gasteiger partial charge is 0.337 e. The van der Waals surface area contributed by atoms with E-state index in [9.17, 15) is 20.0 Å². The Balaban J connectivity index is 1.76.